The average molecular weight is 134 g/mol. The molecule has 0 unspecified atom stereocenters. The zero-order valence-electron chi connectivity index (χ0n) is 5.79. The topological polar surface area (TPSA) is 49.4 Å². The highest BCUT2D eigenvalue weighted by Gasteiger charge is 2.19. The van der Waals surface area contributed by atoms with Crippen LogP contribution in [0.1, 0.15) is 13.8 Å². The van der Waals surface area contributed by atoms with Crippen molar-refractivity contribution in [2.24, 2.45) is 20.0 Å². The van der Waals surface area contributed by atoms with Crippen molar-refractivity contribution in [1.82, 2.24) is 0 Å². The van der Waals surface area contributed by atoms with Gasteiger partial charge in [-0.2, -0.15) is 0 Å². The fraction of sp³-hybridized carbons (Fsp3) is 0.333. The van der Waals surface area contributed by atoms with Crippen LogP contribution in [0.3, 0.4) is 0 Å². The molecule has 4 nitrogen and oxygen atoms in total. The van der Waals surface area contributed by atoms with Crippen LogP contribution in [0.25, 0.3) is 0 Å². The van der Waals surface area contributed by atoms with Gasteiger partial charge in [-0.1, -0.05) is 0 Å². The Balaban J connectivity index is 2.49. The van der Waals surface area contributed by atoms with Crippen LogP contribution in [0, 0.1) is 0 Å². The zero-order valence-corrected chi connectivity index (χ0v) is 5.79. The summed E-state index contributed by atoms with van der Waals surface area (Å²) in [6.07, 6.45) is 0. The van der Waals surface area contributed by atoms with Gasteiger partial charge in [0.2, 0.25) is 11.7 Å². The average Bonchev–Trinajstić information content (AvgIpc) is 2.21. The van der Waals surface area contributed by atoms with Crippen LogP contribution in [0.15, 0.2) is 20.0 Å². The van der Waals surface area contributed by atoms with Gasteiger partial charge in [0.25, 0.3) is 0 Å². The van der Waals surface area contributed by atoms with Crippen LogP contribution in [0.4, 0.5) is 0 Å². The fourth-order valence-corrected chi connectivity index (χ4v) is 0.913. The molecule has 4 heteroatoms. The summed E-state index contributed by atoms with van der Waals surface area (Å²) in [7, 11) is 0. The summed E-state index contributed by atoms with van der Waals surface area (Å²) in [6.45, 7) is 3.66. The number of hydrogen-bond acceptors (Lipinski definition) is 4. The summed E-state index contributed by atoms with van der Waals surface area (Å²) < 4.78 is 0. The van der Waals surface area contributed by atoms with Crippen molar-refractivity contribution < 1.29 is 0 Å². The molecule has 0 saturated carbocycles. The Morgan fingerprint density at radius 1 is 0.700 bits per heavy atom. The lowest BCUT2D eigenvalue weighted by atomic mass is 10.6. The van der Waals surface area contributed by atoms with Gasteiger partial charge in [-0.3, -0.25) is 0 Å². The third-order valence-corrected chi connectivity index (χ3v) is 1.27. The molecule has 0 saturated heterocycles. The molecule has 0 atom stereocenters. The Labute approximate surface area is 58.1 Å². The van der Waals surface area contributed by atoms with Crippen molar-refractivity contribution in [3.05, 3.63) is 0 Å². The van der Waals surface area contributed by atoms with E-state index in [4.69, 9.17) is 0 Å². The van der Waals surface area contributed by atoms with E-state index in [1.807, 2.05) is 13.8 Å². The largest absolute Gasteiger partial charge is 0.210 e. The van der Waals surface area contributed by atoms with E-state index in [-0.39, 0.29) is 0 Å². The van der Waals surface area contributed by atoms with Crippen molar-refractivity contribution in [2.75, 3.05) is 0 Å². The molecule has 0 bridgehead atoms. The molecule has 50 valence electrons. The van der Waals surface area contributed by atoms with Gasteiger partial charge >= 0.3 is 0 Å². The summed E-state index contributed by atoms with van der Waals surface area (Å²) in [5, 5.41) is 0. The zero-order chi connectivity index (χ0) is 7.14. The van der Waals surface area contributed by atoms with E-state index in [2.05, 4.69) is 20.0 Å². The molecule has 2 heterocycles. The second-order valence-electron chi connectivity index (χ2n) is 2.19. The third-order valence-electron chi connectivity index (χ3n) is 1.27. The van der Waals surface area contributed by atoms with Gasteiger partial charge in [-0.05, 0) is 13.8 Å². The van der Waals surface area contributed by atoms with E-state index in [1.165, 1.54) is 0 Å². The second-order valence-corrected chi connectivity index (χ2v) is 2.19. The molecule has 0 aliphatic carbocycles. The van der Waals surface area contributed by atoms with Crippen molar-refractivity contribution in [1.29, 1.82) is 0 Å². The van der Waals surface area contributed by atoms with Crippen molar-refractivity contribution in [3.8, 4) is 0 Å². The van der Waals surface area contributed by atoms with E-state index in [1.54, 1.807) is 0 Å². The quantitative estimate of drug-likeness (QED) is 0.467. The maximum absolute atomic E-state index is 4.05. The smallest absolute Gasteiger partial charge is 0.201 e. The summed E-state index contributed by atoms with van der Waals surface area (Å²) >= 11 is 0. The molecule has 0 amide bonds. The van der Waals surface area contributed by atoms with Gasteiger partial charge in [0.1, 0.15) is 11.7 Å². The Morgan fingerprint density at radius 3 is 1.50 bits per heavy atom. The highest BCUT2D eigenvalue weighted by molar-refractivity contribution is 6.51. The minimum atomic E-state index is 0.662. The van der Waals surface area contributed by atoms with Crippen molar-refractivity contribution >= 4 is 23.3 Å². The van der Waals surface area contributed by atoms with Gasteiger partial charge in [-0.25, -0.2) is 20.0 Å². The van der Waals surface area contributed by atoms with Gasteiger partial charge in [0.15, 0.2) is 0 Å². The van der Waals surface area contributed by atoms with E-state index in [0.29, 0.717) is 11.7 Å². The highest BCUT2D eigenvalue weighted by Crippen LogP contribution is 2.07. The van der Waals surface area contributed by atoms with Gasteiger partial charge in [0.05, 0.1) is 0 Å². The first-order chi connectivity index (χ1) is 4.75. The predicted molar refractivity (Wildman–Crippen MR) is 41.1 cm³/mol. The van der Waals surface area contributed by atoms with E-state index in [9.17, 15) is 0 Å². The normalized spacial score (nSPS) is 21.4. The molecular formula is C6H6N4. The van der Waals surface area contributed by atoms with Crippen LogP contribution in [-0.2, 0) is 0 Å². The number of aliphatic imine (C=N–C) groups is 4. The molecule has 0 fully saturated rings. The first-order valence-corrected chi connectivity index (χ1v) is 3.04. The first-order valence-electron chi connectivity index (χ1n) is 3.04. The molecule has 0 spiro atoms. The Morgan fingerprint density at radius 2 is 1.10 bits per heavy atom. The number of fused-ring (bicyclic) bond motifs is 1. The number of amidine groups is 4. The van der Waals surface area contributed by atoms with Crippen molar-refractivity contribution in [3.63, 3.8) is 0 Å². The minimum Gasteiger partial charge on any atom is -0.210 e. The fourth-order valence-electron chi connectivity index (χ4n) is 0.913. The second kappa shape index (κ2) is 1.59. The van der Waals surface area contributed by atoms with Gasteiger partial charge in [-0.15, -0.1) is 0 Å². The number of rotatable bonds is 0. The summed E-state index contributed by atoms with van der Waals surface area (Å²) in [5.74, 6) is 2.81. The van der Waals surface area contributed by atoms with E-state index in [0.717, 1.165) is 11.7 Å². The molecule has 0 aromatic carbocycles. The maximum Gasteiger partial charge on any atom is 0.201 e. The molecule has 2 rings (SSSR count). The predicted octanol–water partition coefficient (Wildman–Crippen LogP) is 0.647. The Bertz CT molecular complexity index is 274. The molecule has 0 aromatic rings. The van der Waals surface area contributed by atoms with Crippen LogP contribution in [0.5, 0.6) is 0 Å². The maximum atomic E-state index is 4.05. The third kappa shape index (κ3) is 0.618. The van der Waals surface area contributed by atoms with Crippen LogP contribution in [0.2, 0.25) is 0 Å². The van der Waals surface area contributed by atoms with Gasteiger partial charge in [0, 0.05) is 0 Å². The summed E-state index contributed by atoms with van der Waals surface area (Å²) in [5.41, 5.74) is 0. The van der Waals surface area contributed by atoms with Crippen LogP contribution in [-0.4, -0.2) is 23.3 Å². The molecule has 2 aliphatic heterocycles. The summed E-state index contributed by atoms with van der Waals surface area (Å²) in [6, 6.07) is 0. The lowest BCUT2D eigenvalue weighted by Crippen LogP contribution is -1.97. The Kier molecular flexibility index (Phi) is 0.869. The SMILES string of the molecule is CC1=NC2=NC(C)=NC2=N1. The number of nitrogens with zero attached hydrogens (tertiary/aromatic N) is 4. The molecule has 10 heavy (non-hydrogen) atoms. The highest BCUT2D eigenvalue weighted by atomic mass is 15.2. The molecular weight excluding hydrogens is 128 g/mol. The standard InChI is InChI=1S/C6H6N4/c1-3-7-5-6(8-3)10-4(2)9-5/h1-2H3. The van der Waals surface area contributed by atoms with E-state index < -0.39 is 0 Å². The lowest BCUT2D eigenvalue weighted by molar-refractivity contribution is 1.52. The molecule has 0 radical (unpaired) electrons. The van der Waals surface area contributed by atoms with E-state index >= 15 is 0 Å². The monoisotopic (exact) mass is 134 g/mol. The molecule has 0 aromatic heterocycles. The minimum absolute atomic E-state index is 0.662. The van der Waals surface area contributed by atoms with Crippen LogP contribution >= 0.6 is 0 Å². The van der Waals surface area contributed by atoms with Gasteiger partial charge < -0.3 is 0 Å². The summed E-state index contributed by atoms with van der Waals surface area (Å²) in [4.78, 5) is 16.2. The molecule has 0 N–H and O–H groups in total. The number of hydrogen-bond donors (Lipinski definition) is 0. The first kappa shape index (κ1) is 5.46. The van der Waals surface area contributed by atoms with Crippen molar-refractivity contribution in [2.45, 2.75) is 13.8 Å². The Hall–Kier alpha value is -1.32. The van der Waals surface area contributed by atoms with Crippen LogP contribution < -0.4 is 0 Å². The molecule has 2 aliphatic rings. The lowest BCUT2D eigenvalue weighted by Gasteiger charge is -1.78.